The van der Waals surface area contributed by atoms with Gasteiger partial charge < -0.3 is 9.15 Å². The summed E-state index contributed by atoms with van der Waals surface area (Å²) in [5, 5.41) is 0.199. The van der Waals surface area contributed by atoms with E-state index < -0.39 is 0 Å². The van der Waals surface area contributed by atoms with Crippen LogP contribution in [0, 0.1) is 0 Å². The van der Waals surface area contributed by atoms with E-state index in [0.717, 1.165) is 6.42 Å². The smallest absolute Gasteiger partial charge is 0.231 e. The molecule has 0 fully saturated rings. The lowest BCUT2D eigenvalue weighted by molar-refractivity contribution is 0.100. The zero-order chi connectivity index (χ0) is 13.0. The van der Waals surface area contributed by atoms with Crippen LogP contribution in [0.2, 0.25) is 5.22 Å². The molecule has 94 valence electrons. The van der Waals surface area contributed by atoms with Gasteiger partial charge in [0.25, 0.3) is 0 Å². The maximum atomic E-state index is 12.2. The fourth-order valence-corrected chi connectivity index (χ4v) is 1.71. The molecule has 0 N–H and O–H groups in total. The van der Waals surface area contributed by atoms with Crippen molar-refractivity contribution in [1.29, 1.82) is 0 Å². The lowest BCUT2D eigenvalue weighted by Gasteiger charge is -2.08. The molecule has 0 saturated heterocycles. The SMILES string of the molecule is CCCOc1ccccc1C(=O)c1ccc(Cl)o1. The molecule has 0 atom stereocenters. The molecule has 0 aliphatic heterocycles. The number of ketones is 1. The van der Waals surface area contributed by atoms with E-state index in [2.05, 4.69) is 0 Å². The van der Waals surface area contributed by atoms with Crippen LogP contribution in [0.15, 0.2) is 40.8 Å². The number of halogens is 1. The zero-order valence-electron chi connectivity index (χ0n) is 9.98. The molecule has 3 nitrogen and oxygen atoms in total. The van der Waals surface area contributed by atoms with Gasteiger partial charge in [-0.2, -0.15) is 0 Å². The summed E-state index contributed by atoms with van der Waals surface area (Å²) >= 11 is 5.67. The second kappa shape index (κ2) is 5.74. The predicted octanol–water partition coefficient (Wildman–Crippen LogP) is 3.95. The Hall–Kier alpha value is -1.74. The maximum Gasteiger partial charge on any atom is 0.231 e. The number of para-hydroxylation sites is 1. The first-order valence-corrected chi connectivity index (χ1v) is 6.12. The van der Waals surface area contributed by atoms with Gasteiger partial charge in [0, 0.05) is 0 Å². The lowest BCUT2D eigenvalue weighted by Crippen LogP contribution is -2.05. The minimum atomic E-state index is -0.228. The van der Waals surface area contributed by atoms with Crippen molar-refractivity contribution in [1.82, 2.24) is 0 Å². The highest BCUT2D eigenvalue weighted by atomic mass is 35.5. The van der Waals surface area contributed by atoms with E-state index in [1.807, 2.05) is 13.0 Å². The Morgan fingerprint density at radius 2 is 2.06 bits per heavy atom. The molecule has 0 spiro atoms. The molecule has 1 aromatic carbocycles. The van der Waals surface area contributed by atoms with E-state index in [1.54, 1.807) is 30.3 Å². The Bertz CT molecular complexity index is 545. The van der Waals surface area contributed by atoms with Crippen LogP contribution in [0.25, 0.3) is 0 Å². The Morgan fingerprint density at radius 3 is 2.72 bits per heavy atom. The average Bonchev–Trinajstić information content (AvgIpc) is 2.82. The quantitative estimate of drug-likeness (QED) is 0.768. The second-order valence-electron chi connectivity index (χ2n) is 3.78. The van der Waals surface area contributed by atoms with Crippen LogP contribution >= 0.6 is 11.6 Å². The summed E-state index contributed by atoms with van der Waals surface area (Å²) in [6.45, 7) is 2.58. The fraction of sp³-hybridized carbons (Fsp3) is 0.214. The van der Waals surface area contributed by atoms with E-state index in [0.29, 0.717) is 17.9 Å². The highest BCUT2D eigenvalue weighted by molar-refractivity contribution is 6.29. The number of carbonyl (C=O) groups is 1. The van der Waals surface area contributed by atoms with Gasteiger partial charge in [0.15, 0.2) is 11.0 Å². The van der Waals surface area contributed by atoms with Crippen LogP contribution in [0.3, 0.4) is 0 Å². The highest BCUT2D eigenvalue weighted by Gasteiger charge is 2.17. The molecule has 0 amide bonds. The molecular formula is C14H13ClO3. The number of furan rings is 1. The highest BCUT2D eigenvalue weighted by Crippen LogP contribution is 2.23. The van der Waals surface area contributed by atoms with Gasteiger partial charge in [-0.25, -0.2) is 0 Å². The van der Waals surface area contributed by atoms with Crippen LogP contribution in [0.1, 0.15) is 29.5 Å². The molecular weight excluding hydrogens is 252 g/mol. The van der Waals surface area contributed by atoms with Gasteiger partial charge in [-0.3, -0.25) is 4.79 Å². The monoisotopic (exact) mass is 264 g/mol. The number of carbonyl (C=O) groups excluding carboxylic acids is 1. The van der Waals surface area contributed by atoms with Crippen molar-refractivity contribution in [2.75, 3.05) is 6.61 Å². The van der Waals surface area contributed by atoms with Gasteiger partial charge >= 0.3 is 0 Å². The van der Waals surface area contributed by atoms with E-state index in [-0.39, 0.29) is 16.8 Å². The van der Waals surface area contributed by atoms with E-state index in [9.17, 15) is 4.79 Å². The van der Waals surface area contributed by atoms with Gasteiger partial charge in [-0.05, 0) is 42.3 Å². The van der Waals surface area contributed by atoms with Crippen molar-refractivity contribution in [3.63, 3.8) is 0 Å². The van der Waals surface area contributed by atoms with Crippen LogP contribution < -0.4 is 4.74 Å². The van der Waals surface area contributed by atoms with Crippen molar-refractivity contribution < 1.29 is 13.9 Å². The van der Waals surface area contributed by atoms with Crippen LogP contribution in [0.4, 0.5) is 0 Å². The van der Waals surface area contributed by atoms with Gasteiger partial charge in [0.1, 0.15) is 5.75 Å². The number of benzene rings is 1. The van der Waals surface area contributed by atoms with Gasteiger partial charge in [0.2, 0.25) is 5.78 Å². The first kappa shape index (κ1) is 12.7. The average molecular weight is 265 g/mol. The van der Waals surface area contributed by atoms with E-state index in [4.69, 9.17) is 20.8 Å². The predicted molar refractivity (Wildman–Crippen MR) is 69.4 cm³/mol. The third kappa shape index (κ3) is 2.74. The number of hydrogen-bond donors (Lipinski definition) is 0. The minimum absolute atomic E-state index is 0.199. The van der Waals surface area contributed by atoms with Gasteiger partial charge in [0.05, 0.1) is 12.2 Å². The van der Waals surface area contributed by atoms with Crippen molar-refractivity contribution in [2.45, 2.75) is 13.3 Å². The summed E-state index contributed by atoms with van der Waals surface area (Å²) in [4.78, 5) is 12.2. The molecule has 0 saturated carbocycles. The van der Waals surface area contributed by atoms with Crippen molar-refractivity contribution >= 4 is 17.4 Å². The largest absolute Gasteiger partial charge is 0.493 e. The molecule has 1 aromatic heterocycles. The molecule has 18 heavy (non-hydrogen) atoms. The number of ether oxygens (including phenoxy) is 1. The standard InChI is InChI=1S/C14H13ClO3/c1-2-9-17-11-6-4-3-5-10(11)14(16)12-7-8-13(15)18-12/h3-8H,2,9H2,1H3. The first-order valence-electron chi connectivity index (χ1n) is 5.74. The van der Waals surface area contributed by atoms with Crippen LogP contribution in [-0.4, -0.2) is 12.4 Å². The third-order valence-corrected chi connectivity index (χ3v) is 2.59. The molecule has 0 radical (unpaired) electrons. The lowest BCUT2D eigenvalue weighted by atomic mass is 10.1. The fourth-order valence-electron chi connectivity index (χ4n) is 1.56. The first-order chi connectivity index (χ1) is 8.72. The molecule has 4 heteroatoms. The van der Waals surface area contributed by atoms with Gasteiger partial charge in [-0.1, -0.05) is 19.1 Å². The Kier molecular flexibility index (Phi) is 4.05. The second-order valence-corrected chi connectivity index (χ2v) is 4.15. The molecule has 0 aliphatic rings. The molecule has 0 unspecified atom stereocenters. The maximum absolute atomic E-state index is 12.2. The number of rotatable bonds is 5. The van der Waals surface area contributed by atoms with Crippen molar-refractivity contribution in [3.05, 3.63) is 52.9 Å². The Labute approximate surface area is 110 Å². The van der Waals surface area contributed by atoms with Crippen molar-refractivity contribution in [3.8, 4) is 5.75 Å². The summed E-state index contributed by atoms with van der Waals surface area (Å²) in [6.07, 6.45) is 0.884. The van der Waals surface area contributed by atoms with Crippen LogP contribution in [-0.2, 0) is 0 Å². The zero-order valence-corrected chi connectivity index (χ0v) is 10.7. The topological polar surface area (TPSA) is 39.4 Å². The number of hydrogen-bond acceptors (Lipinski definition) is 3. The van der Waals surface area contributed by atoms with E-state index in [1.165, 1.54) is 0 Å². The summed E-state index contributed by atoms with van der Waals surface area (Å²) < 4.78 is 10.7. The van der Waals surface area contributed by atoms with Crippen LogP contribution in [0.5, 0.6) is 5.75 Å². The molecule has 0 aliphatic carbocycles. The Balaban J connectivity index is 2.29. The molecule has 2 aromatic rings. The summed E-state index contributed by atoms with van der Waals surface area (Å²) in [7, 11) is 0. The van der Waals surface area contributed by atoms with E-state index >= 15 is 0 Å². The molecule has 2 rings (SSSR count). The minimum Gasteiger partial charge on any atom is -0.493 e. The normalized spacial score (nSPS) is 10.3. The Morgan fingerprint density at radius 1 is 1.28 bits per heavy atom. The van der Waals surface area contributed by atoms with Crippen molar-refractivity contribution in [2.24, 2.45) is 0 Å². The third-order valence-electron chi connectivity index (χ3n) is 2.39. The molecule has 1 heterocycles. The summed E-state index contributed by atoms with van der Waals surface area (Å²) in [6, 6.07) is 10.2. The summed E-state index contributed by atoms with van der Waals surface area (Å²) in [5.41, 5.74) is 0.483. The molecule has 0 bridgehead atoms. The summed E-state index contributed by atoms with van der Waals surface area (Å²) in [5.74, 6) is 0.554. The van der Waals surface area contributed by atoms with Gasteiger partial charge in [-0.15, -0.1) is 0 Å².